The molecule has 0 fully saturated rings. The minimum Gasteiger partial charge on any atom is -0.434 e. The minimum absolute atomic E-state index is 0.107. The Morgan fingerprint density at radius 3 is 2.47 bits per heavy atom. The van der Waals surface area contributed by atoms with Gasteiger partial charge < -0.3 is 9.47 Å². The average molecular weight is 474 g/mol. The minimum atomic E-state index is -4.98. The Hall–Kier alpha value is -3.67. The van der Waals surface area contributed by atoms with E-state index in [1.54, 1.807) is 0 Å². The van der Waals surface area contributed by atoms with Crippen molar-refractivity contribution in [2.24, 2.45) is 7.05 Å². The van der Waals surface area contributed by atoms with Gasteiger partial charge in [-0.1, -0.05) is 11.6 Å². The Bertz CT molecular complexity index is 1330. The lowest BCUT2D eigenvalue weighted by Crippen LogP contribution is -2.41. The topological polar surface area (TPSA) is 92.4 Å². The molecule has 0 spiro atoms. The number of carbonyl (C=O) groups is 1. The third-order valence-electron chi connectivity index (χ3n) is 4.05. The third-order valence-corrected chi connectivity index (χ3v) is 4.34. The fraction of sp³-hybridized carbons (Fsp3) is 0.158. The summed E-state index contributed by atoms with van der Waals surface area (Å²) in [7, 11) is 0.783. The molecule has 1 aromatic carbocycles. The highest BCUT2D eigenvalue weighted by atomic mass is 35.5. The number of pyridine rings is 1. The fourth-order valence-corrected chi connectivity index (χ4v) is 2.87. The van der Waals surface area contributed by atoms with Crippen LogP contribution in [0.15, 0.2) is 46.1 Å². The van der Waals surface area contributed by atoms with Crippen LogP contribution in [-0.2, 0) is 18.0 Å². The summed E-state index contributed by atoms with van der Waals surface area (Å²) in [5.74, 6) is -2.54. The van der Waals surface area contributed by atoms with Crippen molar-refractivity contribution < 1.29 is 31.8 Å². The van der Waals surface area contributed by atoms with Crippen LogP contribution < -0.4 is 20.7 Å². The Morgan fingerprint density at radius 2 is 1.84 bits per heavy atom. The van der Waals surface area contributed by atoms with Crippen molar-refractivity contribution in [1.82, 2.24) is 14.1 Å². The number of aromatic nitrogens is 3. The molecule has 3 aromatic rings. The van der Waals surface area contributed by atoms with Gasteiger partial charge in [0, 0.05) is 32.3 Å². The van der Waals surface area contributed by atoms with Crippen molar-refractivity contribution in [1.29, 1.82) is 0 Å². The van der Waals surface area contributed by atoms with Crippen LogP contribution in [0.3, 0.4) is 0 Å². The van der Waals surface area contributed by atoms with E-state index >= 15 is 0 Å². The second kappa shape index (κ2) is 8.46. The number of benzene rings is 1. The number of halogens is 5. The zero-order valence-electron chi connectivity index (χ0n) is 16.2. The summed E-state index contributed by atoms with van der Waals surface area (Å²) in [6.45, 7) is 1.13. The number of hydrogen-bond donors (Lipinski definition) is 0. The molecule has 0 aliphatic heterocycles. The van der Waals surface area contributed by atoms with Gasteiger partial charge in [0.05, 0.1) is 10.7 Å². The predicted molar refractivity (Wildman–Crippen MR) is 103 cm³/mol. The summed E-state index contributed by atoms with van der Waals surface area (Å²) in [5, 5.41) is -0.317. The van der Waals surface area contributed by atoms with Gasteiger partial charge >= 0.3 is 17.8 Å². The molecule has 0 amide bonds. The van der Waals surface area contributed by atoms with E-state index < -0.39 is 40.6 Å². The molecule has 0 N–H and O–H groups in total. The first-order valence-corrected chi connectivity index (χ1v) is 8.99. The molecule has 0 saturated heterocycles. The standard InChI is InChI=1S/C19H12ClF4N3O5/c1-9(28)31-13-4-3-5-25-17(13)32-14-7-12(11(21)6-10(14)20)27-16(29)8-15(19(22,23)24)26(2)18(27)30/h3-8H,1-2H3. The molecule has 3 rings (SSSR count). The highest BCUT2D eigenvalue weighted by molar-refractivity contribution is 6.32. The summed E-state index contributed by atoms with van der Waals surface area (Å²) in [6.07, 6.45) is -3.69. The SMILES string of the molecule is CC(=O)Oc1cccnc1Oc1cc(-n2c(=O)cc(C(F)(F)F)n(C)c2=O)c(F)cc1Cl. The maximum Gasteiger partial charge on any atom is 0.431 e. The van der Waals surface area contributed by atoms with Crippen molar-refractivity contribution in [2.45, 2.75) is 13.1 Å². The van der Waals surface area contributed by atoms with E-state index in [4.69, 9.17) is 21.1 Å². The van der Waals surface area contributed by atoms with Crippen molar-refractivity contribution in [2.75, 3.05) is 0 Å². The molecule has 168 valence electrons. The molecule has 13 heteroatoms. The van der Waals surface area contributed by atoms with Crippen molar-refractivity contribution in [3.05, 3.63) is 73.9 Å². The van der Waals surface area contributed by atoms with Gasteiger partial charge in [0.15, 0.2) is 11.5 Å². The molecule has 8 nitrogen and oxygen atoms in total. The smallest absolute Gasteiger partial charge is 0.431 e. The number of rotatable bonds is 4. The summed E-state index contributed by atoms with van der Waals surface area (Å²) in [6, 6.07) is 4.48. The normalized spacial score (nSPS) is 11.3. The summed E-state index contributed by atoms with van der Waals surface area (Å²) < 4.78 is 64.5. The zero-order chi connectivity index (χ0) is 23.8. The molecule has 0 unspecified atom stereocenters. The molecule has 0 saturated carbocycles. The van der Waals surface area contributed by atoms with Gasteiger partial charge in [-0.3, -0.25) is 14.2 Å². The Balaban J connectivity index is 2.16. The molecule has 0 aliphatic rings. The van der Waals surface area contributed by atoms with Crippen LogP contribution in [0.5, 0.6) is 17.4 Å². The number of ether oxygens (including phenoxy) is 2. The van der Waals surface area contributed by atoms with Crippen LogP contribution in [0.25, 0.3) is 5.69 Å². The lowest BCUT2D eigenvalue weighted by molar-refractivity contribution is -0.144. The summed E-state index contributed by atoms with van der Waals surface area (Å²) in [5.41, 5.74) is -5.09. The van der Waals surface area contributed by atoms with Gasteiger partial charge in [-0.15, -0.1) is 0 Å². The van der Waals surface area contributed by atoms with E-state index in [-0.39, 0.29) is 37.6 Å². The maximum atomic E-state index is 14.6. The molecule has 0 atom stereocenters. The second-order valence-electron chi connectivity index (χ2n) is 6.28. The first kappa shape index (κ1) is 23.0. The van der Waals surface area contributed by atoms with Crippen LogP contribution in [0, 0.1) is 5.82 Å². The molecule has 0 bridgehead atoms. The largest absolute Gasteiger partial charge is 0.434 e. The molecule has 2 aromatic heterocycles. The van der Waals surface area contributed by atoms with E-state index in [0.29, 0.717) is 6.07 Å². The number of carbonyl (C=O) groups excluding carboxylic acids is 1. The summed E-state index contributed by atoms with van der Waals surface area (Å²) in [4.78, 5) is 39.8. The highest BCUT2D eigenvalue weighted by Crippen LogP contribution is 2.35. The number of hydrogen-bond acceptors (Lipinski definition) is 6. The van der Waals surface area contributed by atoms with Crippen LogP contribution in [0.1, 0.15) is 12.6 Å². The molecule has 0 radical (unpaired) electrons. The molecule has 32 heavy (non-hydrogen) atoms. The molecule has 0 aliphatic carbocycles. The number of esters is 1. The fourth-order valence-electron chi connectivity index (χ4n) is 2.68. The molecular formula is C19H12ClF4N3O5. The van der Waals surface area contributed by atoms with Crippen LogP contribution in [0.4, 0.5) is 17.6 Å². The lowest BCUT2D eigenvalue weighted by Gasteiger charge is -2.15. The number of alkyl halides is 3. The van der Waals surface area contributed by atoms with Crippen LogP contribution in [0.2, 0.25) is 5.02 Å². The first-order chi connectivity index (χ1) is 14.9. The van der Waals surface area contributed by atoms with E-state index in [0.717, 1.165) is 20.0 Å². The third kappa shape index (κ3) is 4.49. The van der Waals surface area contributed by atoms with E-state index in [9.17, 15) is 31.9 Å². The van der Waals surface area contributed by atoms with Gasteiger partial charge in [-0.05, 0) is 18.2 Å². The van der Waals surface area contributed by atoms with Gasteiger partial charge in [-0.2, -0.15) is 13.2 Å². The quantitative estimate of drug-likeness (QED) is 0.425. The van der Waals surface area contributed by atoms with Crippen molar-refractivity contribution in [3.63, 3.8) is 0 Å². The average Bonchev–Trinajstić information content (AvgIpc) is 2.68. The number of nitrogens with zero attached hydrogens (tertiary/aromatic N) is 3. The van der Waals surface area contributed by atoms with E-state index in [2.05, 4.69) is 4.98 Å². The van der Waals surface area contributed by atoms with Crippen LogP contribution in [-0.4, -0.2) is 20.1 Å². The van der Waals surface area contributed by atoms with E-state index in [1.165, 1.54) is 18.3 Å². The Morgan fingerprint density at radius 1 is 1.16 bits per heavy atom. The van der Waals surface area contributed by atoms with Gasteiger partial charge in [0.25, 0.3) is 11.4 Å². The van der Waals surface area contributed by atoms with Crippen LogP contribution >= 0.6 is 11.6 Å². The van der Waals surface area contributed by atoms with Crippen molar-refractivity contribution >= 4 is 17.6 Å². The second-order valence-corrected chi connectivity index (χ2v) is 6.69. The summed E-state index contributed by atoms with van der Waals surface area (Å²) >= 11 is 5.97. The van der Waals surface area contributed by atoms with E-state index in [1.807, 2.05) is 0 Å². The zero-order valence-corrected chi connectivity index (χ0v) is 17.0. The monoisotopic (exact) mass is 473 g/mol. The van der Waals surface area contributed by atoms with Gasteiger partial charge in [0.1, 0.15) is 11.5 Å². The maximum absolute atomic E-state index is 14.6. The lowest BCUT2D eigenvalue weighted by atomic mass is 10.2. The molecule has 2 heterocycles. The molecular weight excluding hydrogens is 462 g/mol. The first-order valence-electron chi connectivity index (χ1n) is 8.61. The Labute approximate surface area is 181 Å². The predicted octanol–water partition coefficient (Wildman–Crippen LogP) is 3.46. The Kier molecular flexibility index (Phi) is 6.08. The van der Waals surface area contributed by atoms with Crippen molar-refractivity contribution in [3.8, 4) is 23.1 Å². The van der Waals surface area contributed by atoms with Gasteiger partial charge in [0.2, 0.25) is 0 Å². The van der Waals surface area contributed by atoms with Gasteiger partial charge in [-0.25, -0.2) is 18.7 Å². The highest BCUT2D eigenvalue weighted by Gasteiger charge is 2.35.